The van der Waals surface area contributed by atoms with Gasteiger partial charge in [0.15, 0.2) is 0 Å². The van der Waals surface area contributed by atoms with E-state index in [1.165, 1.54) is 19.3 Å². The molecule has 0 heterocycles. The van der Waals surface area contributed by atoms with Crippen molar-refractivity contribution in [1.82, 2.24) is 0 Å². The van der Waals surface area contributed by atoms with E-state index in [-0.39, 0.29) is 0 Å². The number of unbranched alkanes of at least 4 members (excludes halogenated alkanes) is 2. The van der Waals surface area contributed by atoms with E-state index >= 15 is 0 Å². The van der Waals surface area contributed by atoms with Gasteiger partial charge in [-0.2, -0.15) is 0 Å². The summed E-state index contributed by atoms with van der Waals surface area (Å²) < 4.78 is 0. The smallest absolute Gasteiger partial charge is 0.0404 e. The van der Waals surface area contributed by atoms with E-state index in [1.54, 1.807) is 0 Å². The molecule has 54 valence electrons. The van der Waals surface area contributed by atoms with E-state index in [4.69, 9.17) is 11.6 Å². The third-order valence-electron chi connectivity index (χ3n) is 1.01. The molecule has 0 aromatic carbocycles. The molecule has 2 heteroatoms. The lowest BCUT2D eigenvalue weighted by molar-refractivity contribution is 0.826. The monoisotopic (exact) mass is 210 g/mol. The van der Waals surface area contributed by atoms with E-state index < -0.39 is 0 Å². The zero-order valence-corrected chi connectivity index (χ0v) is 7.79. The fraction of sp³-hybridized carbons (Fsp3) is 0.714. The summed E-state index contributed by atoms with van der Waals surface area (Å²) in [5.41, 5.74) is 0. The third kappa shape index (κ3) is 8.51. The van der Waals surface area contributed by atoms with Gasteiger partial charge in [-0.15, -0.1) is 11.6 Å². The van der Waals surface area contributed by atoms with Gasteiger partial charge < -0.3 is 0 Å². The Bertz CT molecular complexity index is 71.3. The standard InChI is InChI=1S/C7H12BrCl/c8-6-4-2-1-3-5-7-9/h3,5H,1-2,4,6-7H2. The lowest BCUT2D eigenvalue weighted by Gasteiger charge is -1.88. The Morgan fingerprint density at radius 1 is 1.22 bits per heavy atom. The maximum absolute atomic E-state index is 5.42. The second-order valence-electron chi connectivity index (χ2n) is 1.81. The first-order valence-corrected chi connectivity index (χ1v) is 4.84. The van der Waals surface area contributed by atoms with E-state index in [0.29, 0.717) is 5.88 Å². The largest absolute Gasteiger partial charge is 0.122 e. The first-order chi connectivity index (χ1) is 4.41. The van der Waals surface area contributed by atoms with Crippen molar-refractivity contribution in [3.63, 3.8) is 0 Å². The molecule has 0 spiro atoms. The van der Waals surface area contributed by atoms with Crippen molar-refractivity contribution in [2.24, 2.45) is 0 Å². The van der Waals surface area contributed by atoms with Gasteiger partial charge in [-0.3, -0.25) is 0 Å². The molecule has 0 unspecified atom stereocenters. The normalized spacial score (nSPS) is 10.9. The highest BCUT2D eigenvalue weighted by atomic mass is 79.9. The van der Waals surface area contributed by atoms with Gasteiger partial charge in [-0.05, 0) is 19.3 Å². The topological polar surface area (TPSA) is 0 Å². The van der Waals surface area contributed by atoms with Crippen LogP contribution in [0.3, 0.4) is 0 Å². The van der Waals surface area contributed by atoms with Crippen molar-refractivity contribution < 1.29 is 0 Å². The van der Waals surface area contributed by atoms with Gasteiger partial charge in [0.25, 0.3) is 0 Å². The minimum Gasteiger partial charge on any atom is -0.122 e. The molecule has 0 rings (SSSR count). The van der Waals surface area contributed by atoms with E-state index in [9.17, 15) is 0 Å². The minimum absolute atomic E-state index is 0.647. The number of hydrogen-bond acceptors (Lipinski definition) is 0. The molecule has 0 bridgehead atoms. The van der Waals surface area contributed by atoms with Gasteiger partial charge >= 0.3 is 0 Å². The summed E-state index contributed by atoms with van der Waals surface area (Å²) in [6.07, 6.45) is 7.81. The van der Waals surface area contributed by atoms with Gasteiger partial charge in [-0.25, -0.2) is 0 Å². The van der Waals surface area contributed by atoms with Crippen LogP contribution in [0.4, 0.5) is 0 Å². The van der Waals surface area contributed by atoms with Crippen molar-refractivity contribution >= 4 is 27.5 Å². The summed E-state index contributed by atoms with van der Waals surface area (Å²) in [6, 6.07) is 0. The van der Waals surface area contributed by atoms with Crippen LogP contribution in [0.25, 0.3) is 0 Å². The summed E-state index contributed by atoms with van der Waals surface area (Å²) in [5, 5.41) is 1.11. The van der Waals surface area contributed by atoms with E-state index in [1.807, 2.05) is 6.08 Å². The SMILES string of the molecule is ClCC=CCCCCBr. The summed E-state index contributed by atoms with van der Waals surface area (Å²) in [6.45, 7) is 0. The van der Waals surface area contributed by atoms with Crippen LogP contribution in [0.2, 0.25) is 0 Å². The summed E-state index contributed by atoms with van der Waals surface area (Å²) in [7, 11) is 0. The quantitative estimate of drug-likeness (QED) is 0.372. The van der Waals surface area contributed by atoms with Crippen LogP contribution in [0.1, 0.15) is 19.3 Å². The van der Waals surface area contributed by atoms with Crippen LogP contribution >= 0.6 is 27.5 Å². The molecular formula is C7H12BrCl. The lowest BCUT2D eigenvalue weighted by Crippen LogP contribution is -1.73. The molecule has 0 amide bonds. The van der Waals surface area contributed by atoms with Crippen molar-refractivity contribution in [3.05, 3.63) is 12.2 Å². The van der Waals surface area contributed by atoms with Crippen molar-refractivity contribution in [2.45, 2.75) is 19.3 Å². The molecule has 0 aliphatic heterocycles. The highest BCUT2D eigenvalue weighted by Gasteiger charge is 1.80. The summed E-state index contributed by atoms with van der Waals surface area (Å²) in [4.78, 5) is 0. The van der Waals surface area contributed by atoms with Crippen LogP contribution in [0, 0.1) is 0 Å². The minimum atomic E-state index is 0.647. The third-order valence-corrected chi connectivity index (χ3v) is 1.75. The number of halogens is 2. The Morgan fingerprint density at radius 2 is 2.00 bits per heavy atom. The highest BCUT2D eigenvalue weighted by Crippen LogP contribution is 1.99. The molecule has 0 nitrogen and oxygen atoms in total. The van der Waals surface area contributed by atoms with Crippen LogP contribution in [-0.2, 0) is 0 Å². The van der Waals surface area contributed by atoms with Crippen molar-refractivity contribution in [1.29, 1.82) is 0 Å². The average molecular weight is 212 g/mol. The first-order valence-electron chi connectivity index (χ1n) is 3.18. The van der Waals surface area contributed by atoms with Gasteiger partial charge in [-0.1, -0.05) is 28.1 Å². The molecule has 0 radical (unpaired) electrons. The highest BCUT2D eigenvalue weighted by molar-refractivity contribution is 9.09. The van der Waals surface area contributed by atoms with Crippen molar-refractivity contribution in [2.75, 3.05) is 11.2 Å². The van der Waals surface area contributed by atoms with Crippen LogP contribution in [0.15, 0.2) is 12.2 Å². The molecule has 0 aromatic rings. The maximum atomic E-state index is 5.42. The lowest BCUT2D eigenvalue weighted by atomic mass is 10.2. The fourth-order valence-corrected chi connectivity index (χ4v) is 1.06. The molecule has 9 heavy (non-hydrogen) atoms. The molecule has 0 fully saturated rings. The first kappa shape index (κ1) is 9.51. The number of alkyl halides is 2. The van der Waals surface area contributed by atoms with E-state index in [0.717, 1.165) is 5.33 Å². The summed E-state index contributed by atoms with van der Waals surface area (Å²) >= 11 is 8.79. The molecule has 0 aliphatic carbocycles. The second kappa shape index (κ2) is 8.51. The predicted molar refractivity (Wildman–Crippen MR) is 47.5 cm³/mol. The molecular weight excluding hydrogens is 199 g/mol. The summed E-state index contributed by atoms with van der Waals surface area (Å²) in [5.74, 6) is 0.647. The van der Waals surface area contributed by atoms with Crippen LogP contribution in [-0.4, -0.2) is 11.2 Å². The molecule has 0 N–H and O–H groups in total. The Kier molecular flexibility index (Phi) is 8.99. The zero-order chi connectivity index (χ0) is 6.95. The average Bonchev–Trinajstić information content (AvgIpc) is 1.89. The molecule has 0 aromatic heterocycles. The predicted octanol–water partition coefficient (Wildman–Crippen LogP) is 3.35. The van der Waals surface area contributed by atoms with Crippen LogP contribution < -0.4 is 0 Å². The second-order valence-corrected chi connectivity index (χ2v) is 2.91. The number of rotatable bonds is 5. The van der Waals surface area contributed by atoms with Gasteiger partial charge in [0.1, 0.15) is 0 Å². The Labute approximate surface area is 70.4 Å². The van der Waals surface area contributed by atoms with Gasteiger partial charge in [0.05, 0.1) is 0 Å². The number of hydrogen-bond donors (Lipinski definition) is 0. The molecule has 0 atom stereocenters. The van der Waals surface area contributed by atoms with E-state index in [2.05, 4.69) is 22.0 Å². The Hall–Kier alpha value is 0.510. The van der Waals surface area contributed by atoms with Gasteiger partial charge in [0, 0.05) is 11.2 Å². The molecule has 0 saturated carbocycles. The fourth-order valence-electron chi connectivity index (χ4n) is 0.538. The Morgan fingerprint density at radius 3 is 2.56 bits per heavy atom. The molecule has 0 saturated heterocycles. The van der Waals surface area contributed by atoms with Crippen LogP contribution in [0.5, 0.6) is 0 Å². The Balaban J connectivity index is 2.82. The molecule has 0 aliphatic rings. The number of allylic oxidation sites excluding steroid dienone is 2. The van der Waals surface area contributed by atoms with Gasteiger partial charge in [0.2, 0.25) is 0 Å². The van der Waals surface area contributed by atoms with Crippen molar-refractivity contribution in [3.8, 4) is 0 Å². The zero-order valence-electron chi connectivity index (χ0n) is 5.45. The maximum Gasteiger partial charge on any atom is 0.0404 e.